The van der Waals surface area contributed by atoms with Gasteiger partial charge in [0.25, 0.3) is 0 Å². The van der Waals surface area contributed by atoms with Crippen molar-refractivity contribution in [3.8, 4) is 11.5 Å². The van der Waals surface area contributed by atoms with Crippen molar-refractivity contribution in [3.63, 3.8) is 0 Å². The molecule has 1 aromatic rings. The number of Topliss-reactive ketones (excluding diaryl/α,β-unsaturated/α-hetero) is 2. The van der Waals surface area contributed by atoms with E-state index in [0.717, 1.165) is 42.0 Å². The highest BCUT2D eigenvalue weighted by Crippen LogP contribution is 2.29. The van der Waals surface area contributed by atoms with Crippen LogP contribution in [0.2, 0.25) is 0 Å². The minimum Gasteiger partial charge on any atom is -0.490 e. The predicted molar refractivity (Wildman–Crippen MR) is 102 cm³/mol. The predicted octanol–water partition coefficient (Wildman–Crippen LogP) is 3.82. The average Bonchev–Trinajstić information content (AvgIpc) is 2.63. The zero-order valence-electron chi connectivity index (χ0n) is 16.0. The molecule has 26 heavy (non-hydrogen) atoms. The summed E-state index contributed by atoms with van der Waals surface area (Å²) in [5.41, 5.74) is 1.87. The van der Waals surface area contributed by atoms with Gasteiger partial charge < -0.3 is 9.47 Å². The highest BCUT2D eigenvalue weighted by Gasteiger charge is 2.32. The van der Waals surface area contributed by atoms with Crippen molar-refractivity contribution in [2.75, 3.05) is 19.8 Å². The van der Waals surface area contributed by atoms with Crippen molar-refractivity contribution in [1.82, 2.24) is 0 Å². The summed E-state index contributed by atoms with van der Waals surface area (Å²) in [6.45, 7) is 7.42. The summed E-state index contributed by atoms with van der Waals surface area (Å²) in [6, 6.07) is 5.91. The lowest BCUT2D eigenvalue weighted by Gasteiger charge is -2.21. The molecule has 0 saturated heterocycles. The topological polar surface area (TPSA) is 65.0 Å². The van der Waals surface area contributed by atoms with Gasteiger partial charge in [0.15, 0.2) is 11.5 Å². The van der Waals surface area contributed by atoms with E-state index in [1.165, 1.54) is 0 Å². The summed E-state index contributed by atoms with van der Waals surface area (Å²) >= 11 is 0. The van der Waals surface area contributed by atoms with E-state index in [0.29, 0.717) is 32.6 Å². The molecule has 1 saturated carbocycles. The van der Waals surface area contributed by atoms with Crippen molar-refractivity contribution in [1.29, 1.82) is 0 Å². The number of hydrogen-bond donors (Lipinski definition) is 0. The van der Waals surface area contributed by atoms with Gasteiger partial charge in [-0.3, -0.25) is 14.6 Å². The monoisotopic (exact) mass is 359 g/mol. The highest BCUT2D eigenvalue weighted by molar-refractivity contribution is 6.22. The number of carbonyl (C=O) groups excluding carboxylic acids is 2. The van der Waals surface area contributed by atoms with E-state index in [2.05, 4.69) is 4.99 Å². The van der Waals surface area contributed by atoms with Crippen molar-refractivity contribution < 1.29 is 19.1 Å². The summed E-state index contributed by atoms with van der Waals surface area (Å²) < 4.78 is 11.2. The number of ether oxygens (including phenoxy) is 2. The van der Waals surface area contributed by atoms with Crippen molar-refractivity contribution in [3.05, 3.63) is 23.8 Å². The molecule has 0 heterocycles. The Labute approximate surface area is 155 Å². The molecule has 0 N–H and O–H groups in total. The Bertz CT molecular complexity index is 658. The van der Waals surface area contributed by atoms with E-state index in [-0.39, 0.29) is 11.6 Å². The molecule has 142 valence electrons. The lowest BCUT2D eigenvalue weighted by molar-refractivity contribution is -0.130. The van der Waals surface area contributed by atoms with Crippen molar-refractivity contribution in [2.24, 2.45) is 10.9 Å². The third kappa shape index (κ3) is 5.16. The molecule has 1 atom stereocenters. The Balaban J connectivity index is 2.07. The minimum atomic E-state index is -0.604. The molecule has 2 rings (SSSR count). The Morgan fingerprint density at radius 1 is 1.12 bits per heavy atom. The highest BCUT2D eigenvalue weighted by atomic mass is 16.5. The maximum Gasteiger partial charge on any atom is 0.161 e. The first-order valence-electron chi connectivity index (χ1n) is 9.57. The summed E-state index contributed by atoms with van der Waals surface area (Å²) in [7, 11) is 0. The lowest BCUT2D eigenvalue weighted by atomic mass is 9.82. The van der Waals surface area contributed by atoms with Gasteiger partial charge in [0, 0.05) is 25.1 Å². The van der Waals surface area contributed by atoms with Crippen LogP contribution in [0, 0.1) is 5.92 Å². The van der Waals surface area contributed by atoms with Crippen LogP contribution < -0.4 is 9.47 Å². The molecule has 0 radical (unpaired) electrons. The first kappa shape index (κ1) is 20.1. The number of ketones is 2. The third-order valence-electron chi connectivity index (χ3n) is 4.50. The quantitative estimate of drug-likeness (QED) is 0.629. The molecule has 0 aromatic heterocycles. The second kappa shape index (κ2) is 10.1. The first-order chi connectivity index (χ1) is 12.6. The van der Waals surface area contributed by atoms with Gasteiger partial charge >= 0.3 is 0 Å². The fourth-order valence-corrected chi connectivity index (χ4v) is 3.24. The van der Waals surface area contributed by atoms with Crippen LogP contribution in [0.25, 0.3) is 0 Å². The van der Waals surface area contributed by atoms with Crippen molar-refractivity contribution >= 4 is 17.3 Å². The van der Waals surface area contributed by atoms with Gasteiger partial charge in [-0.25, -0.2) is 0 Å². The van der Waals surface area contributed by atoms with Gasteiger partial charge in [-0.1, -0.05) is 13.0 Å². The molecule has 0 aliphatic heterocycles. The molecular formula is C21H29NO4. The van der Waals surface area contributed by atoms with E-state index in [1.54, 1.807) is 6.92 Å². The molecule has 0 spiro atoms. The maximum absolute atomic E-state index is 12.1. The van der Waals surface area contributed by atoms with Gasteiger partial charge in [-0.15, -0.1) is 0 Å². The second-order valence-corrected chi connectivity index (χ2v) is 6.34. The first-order valence-corrected chi connectivity index (χ1v) is 9.57. The fourth-order valence-electron chi connectivity index (χ4n) is 3.24. The maximum atomic E-state index is 12.1. The normalized spacial score (nSPS) is 18.8. The molecule has 1 aliphatic rings. The Kier molecular flexibility index (Phi) is 7.82. The van der Waals surface area contributed by atoms with Crippen LogP contribution in [0.5, 0.6) is 11.5 Å². The molecule has 0 amide bonds. The van der Waals surface area contributed by atoms with E-state index in [4.69, 9.17) is 9.47 Å². The van der Waals surface area contributed by atoms with Crippen LogP contribution in [0.1, 0.15) is 52.0 Å². The summed E-state index contributed by atoms with van der Waals surface area (Å²) in [5.74, 6) is 0.907. The van der Waals surface area contributed by atoms with Gasteiger partial charge in [-0.05, 0) is 50.8 Å². The van der Waals surface area contributed by atoms with Crippen LogP contribution in [-0.2, 0) is 16.0 Å². The number of carbonyl (C=O) groups is 2. The Morgan fingerprint density at radius 3 is 2.54 bits per heavy atom. The van der Waals surface area contributed by atoms with E-state index >= 15 is 0 Å². The van der Waals surface area contributed by atoms with E-state index < -0.39 is 5.92 Å². The summed E-state index contributed by atoms with van der Waals surface area (Å²) in [6.07, 6.45) is 3.15. The van der Waals surface area contributed by atoms with Crippen LogP contribution in [0.3, 0.4) is 0 Å². The summed E-state index contributed by atoms with van der Waals surface area (Å²) in [4.78, 5) is 28.8. The van der Waals surface area contributed by atoms with Crippen LogP contribution in [0.4, 0.5) is 0 Å². The molecule has 0 bridgehead atoms. The number of benzene rings is 1. The second-order valence-electron chi connectivity index (χ2n) is 6.34. The van der Waals surface area contributed by atoms with Crippen LogP contribution in [-0.4, -0.2) is 37.0 Å². The Morgan fingerprint density at radius 2 is 1.85 bits per heavy atom. The SMILES string of the molecule is CCOc1ccc(CCN=C2CCCC(=O)[C@H]2C(=O)CC)cc1OCC. The van der Waals surface area contributed by atoms with Crippen LogP contribution >= 0.6 is 0 Å². The van der Waals surface area contributed by atoms with Crippen molar-refractivity contribution in [2.45, 2.75) is 52.9 Å². The molecule has 1 aliphatic carbocycles. The number of rotatable bonds is 9. The van der Waals surface area contributed by atoms with E-state index in [1.807, 2.05) is 32.0 Å². The molecule has 5 nitrogen and oxygen atoms in total. The molecule has 1 fully saturated rings. The zero-order valence-corrected chi connectivity index (χ0v) is 16.0. The van der Waals surface area contributed by atoms with Gasteiger partial charge in [-0.2, -0.15) is 0 Å². The van der Waals surface area contributed by atoms with E-state index in [9.17, 15) is 9.59 Å². The molecular weight excluding hydrogens is 330 g/mol. The van der Waals surface area contributed by atoms with Crippen LogP contribution in [0.15, 0.2) is 23.2 Å². The minimum absolute atomic E-state index is 0.00634. The third-order valence-corrected chi connectivity index (χ3v) is 4.50. The molecule has 5 heteroatoms. The van der Waals surface area contributed by atoms with Gasteiger partial charge in [0.2, 0.25) is 0 Å². The van der Waals surface area contributed by atoms with Gasteiger partial charge in [0.05, 0.1) is 13.2 Å². The standard InChI is InChI=1S/C21H29NO4/c1-4-17(23)21-16(8-7-9-18(21)24)22-13-12-15-10-11-19(25-5-2)20(14-15)26-6-3/h10-11,14,21H,4-9,12-13H2,1-3H3/t21-/m1/s1. The largest absolute Gasteiger partial charge is 0.490 e. The average molecular weight is 359 g/mol. The molecule has 1 aromatic carbocycles. The fraction of sp³-hybridized carbons (Fsp3) is 0.571. The lowest BCUT2D eigenvalue weighted by Crippen LogP contribution is -2.35. The smallest absolute Gasteiger partial charge is 0.161 e. The number of nitrogens with zero attached hydrogens (tertiary/aromatic N) is 1. The van der Waals surface area contributed by atoms with Gasteiger partial charge in [0.1, 0.15) is 17.5 Å². The number of hydrogen-bond acceptors (Lipinski definition) is 5. The summed E-state index contributed by atoms with van der Waals surface area (Å²) in [5, 5.41) is 0. The molecule has 0 unspecified atom stereocenters. The number of aliphatic imine (C=N–C) groups is 1. The zero-order chi connectivity index (χ0) is 18.9. The Hall–Kier alpha value is -2.17.